The summed E-state index contributed by atoms with van der Waals surface area (Å²) >= 11 is 7.61. The molecule has 5 heteroatoms. The maximum atomic E-state index is 12.9. The second-order valence-electron chi connectivity index (χ2n) is 5.00. The number of aryl methyl sites for hydroxylation is 2. The molecule has 0 radical (unpaired) electrons. The first-order valence-corrected chi connectivity index (χ1v) is 7.99. The van der Waals surface area contributed by atoms with Crippen molar-refractivity contribution in [1.29, 1.82) is 0 Å². The first kappa shape index (κ1) is 14.5. The molecule has 0 aliphatic carbocycles. The van der Waals surface area contributed by atoms with Crippen LogP contribution in [0, 0.1) is 22.2 Å². The number of hydrogen-bond donors (Lipinski definition) is 1. The van der Waals surface area contributed by atoms with Gasteiger partial charge in [0.05, 0.1) is 16.6 Å². The first-order chi connectivity index (χ1) is 9.99. The molecule has 0 aliphatic rings. The molecule has 106 valence electrons. The SMILES string of the molecule is Cc1cccc(C)c1-n1c(=S)[nH]c2ccc(I)cc2c1=O. The number of aromatic nitrogens is 2. The van der Waals surface area contributed by atoms with Gasteiger partial charge in [0, 0.05) is 3.57 Å². The maximum absolute atomic E-state index is 12.9. The molecule has 0 bridgehead atoms. The molecule has 3 nitrogen and oxygen atoms in total. The fourth-order valence-corrected chi connectivity index (χ4v) is 3.32. The third kappa shape index (κ3) is 2.44. The van der Waals surface area contributed by atoms with Crippen LogP contribution in [0.25, 0.3) is 16.6 Å². The predicted octanol–water partition coefficient (Wildman–Crippen LogP) is 4.27. The van der Waals surface area contributed by atoms with E-state index in [1.165, 1.54) is 0 Å². The molecule has 0 aliphatic heterocycles. The summed E-state index contributed by atoms with van der Waals surface area (Å²) in [6.07, 6.45) is 0. The number of nitrogens with zero attached hydrogens (tertiary/aromatic N) is 1. The molecule has 1 heterocycles. The van der Waals surface area contributed by atoms with Crippen LogP contribution in [0.2, 0.25) is 0 Å². The molecule has 0 amide bonds. The van der Waals surface area contributed by atoms with Crippen molar-refractivity contribution >= 4 is 45.7 Å². The van der Waals surface area contributed by atoms with Gasteiger partial charge >= 0.3 is 0 Å². The van der Waals surface area contributed by atoms with E-state index in [1.807, 2.05) is 50.2 Å². The zero-order valence-electron chi connectivity index (χ0n) is 11.6. The number of aromatic amines is 1. The van der Waals surface area contributed by atoms with Crippen molar-refractivity contribution in [2.24, 2.45) is 0 Å². The Labute approximate surface area is 140 Å². The van der Waals surface area contributed by atoms with Crippen LogP contribution in [0.1, 0.15) is 11.1 Å². The molecule has 1 aromatic heterocycles. The number of halogens is 1. The summed E-state index contributed by atoms with van der Waals surface area (Å²) in [6, 6.07) is 11.7. The normalized spacial score (nSPS) is 11.0. The lowest BCUT2D eigenvalue weighted by Crippen LogP contribution is -2.22. The molecule has 0 unspecified atom stereocenters. The highest BCUT2D eigenvalue weighted by molar-refractivity contribution is 14.1. The fraction of sp³-hybridized carbons (Fsp3) is 0.125. The van der Waals surface area contributed by atoms with Crippen LogP contribution in [0.15, 0.2) is 41.2 Å². The van der Waals surface area contributed by atoms with Crippen molar-refractivity contribution < 1.29 is 0 Å². The number of hydrogen-bond acceptors (Lipinski definition) is 2. The van der Waals surface area contributed by atoms with E-state index in [1.54, 1.807) is 4.57 Å². The van der Waals surface area contributed by atoms with E-state index in [4.69, 9.17) is 12.2 Å². The molecular formula is C16H13IN2OS. The number of rotatable bonds is 1. The van der Waals surface area contributed by atoms with Crippen molar-refractivity contribution in [3.05, 3.63) is 66.2 Å². The highest BCUT2D eigenvalue weighted by Crippen LogP contribution is 2.19. The molecule has 3 rings (SSSR count). The summed E-state index contributed by atoms with van der Waals surface area (Å²) in [7, 11) is 0. The third-order valence-electron chi connectivity index (χ3n) is 3.52. The van der Waals surface area contributed by atoms with E-state index in [0.29, 0.717) is 10.2 Å². The average Bonchev–Trinajstić information content (AvgIpc) is 2.43. The van der Waals surface area contributed by atoms with Crippen LogP contribution < -0.4 is 5.56 Å². The lowest BCUT2D eigenvalue weighted by Gasteiger charge is -2.13. The standard InChI is InChI=1S/C16H13IN2OS/c1-9-4-3-5-10(2)14(9)19-15(20)12-8-11(17)6-7-13(12)18-16(19)21/h3-8H,1-2H3,(H,18,21). The van der Waals surface area contributed by atoms with Crippen LogP contribution >= 0.6 is 34.8 Å². The highest BCUT2D eigenvalue weighted by atomic mass is 127. The minimum atomic E-state index is -0.0790. The quantitative estimate of drug-likeness (QED) is 0.483. The van der Waals surface area contributed by atoms with Crippen LogP contribution in [0.3, 0.4) is 0 Å². The Morgan fingerprint density at radius 3 is 2.48 bits per heavy atom. The molecule has 1 N–H and O–H groups in total. The van der Waals surface area contributed by atoms with Gasteiger partial charge in [-0.3, -0.25) is 9.36 Å². The molecule has 0 fully saturated rings. The Bertz CT molecular complexity index is 952. The lowest BCUT2D eigenvalue weighted by molar-refractivity contribution is 0.921. The second kappa shape index (κ2) is 5.38. The molecule has 0 saturated heterocycles. The maximum Gasteiger partial charge on any atom is 0.266 e. The Kier molecular flexibility index (Phi) is 3.71. The Morgan fingerprint density at radius 2 is 1.81 bits per heavy atom. The van der Waals surface area contributed by atoms with Gasteiger partial charge in [-0.25, -0.2) is 0 Å². The first-order valence-electron chi connectivity index (χ1n) is 6.50. The van der Waals surface area contributed by atoms with Gasteiger partial charge in [-0.1, -0.05) is 18.2 Å². The van der Waals surface area contributed by atoms with E-state index < -0.39 is 0 Å². The summed E-state index contributed by atoms with van der Waals surface area (Å²) < 4.78 is 3.04. The van der Waals surface area contributed by atoms with E-state index in [2.05, 4.69) is 27.6 Å². The van der Waals surface area contributed by atoms with E-state index >= 15 is 0 Å². The average molecular weight is 408 g/mol. The van der Waals surface area contributed by atoms with Gasteiger partial charge in [-0.2, -0.15) is 0 Å². The molecule has 21 heavy (non-hydrogen) atoms. The Balaban J connectivity index is 2.49. The van der Waals surface area contributed by atoms with E-state index in [-0.39, 0.29) is 5.56 Å². The van der Waals surface area contributed by atoms with Crippen LogP contribution in [0.5, 0.6) is 0 Å². The smallest absolute Gasteiger partial charge is 0.266 e. The monoisotopic (exact) mass is 408 g/mol. The minimum Gasteiger partial charge on any atom is -0.331 e. The topological polar surface area (TPSA) is 37.8 Å². The van der Waals surface area contributed by atoms with E-state index in [0.717, 1.165) is 25.9 Å². The lowest BCUT2D eigenvalue weighted by atomic mass is 10.1. The van der Waals surface area contributed by atoms with Gasteiger partial charge in [-0.15, -0.1) is 0 Å². The van der Waals surface area contributed by atoms with Gasteiger partial charge in [0.15, 0.2) is 4.77 Å². The number of H-pyrrole nitrogens is 1. The molecule has 0 spiro atoms. The van der Waals surface area contributed by atoms with Crippen LogP contribution in [-0.2, 0) is 0 Å². The summed E-state index contributed by atoms with van der Waals surface area (Å²) in [5.41, 5.74) is 3.62. The molecule has 0 atom stereocenters. The molecular weight excluding hydrogens is 395 g/mol. The van der Waals surface area contributed by atoms with Gasteiger partial charge in [0.2, 0.25) is 0 Å². The van der Waals surface area contributed by atoms with Gasteiger partial charge in [-0.05, 0) is 78.0 Å². The summed E-state index contributed by atoms with van der Waals surface area (Å²) in [4.78, 5) is 16.0. The highest BCUT2D eigenvalue weighted by Gasteiger charge is 2.11. The third-order valence-corrected chi connectivity index (χ3v) is 4.48. The number of nitrogens with one attached hydrogen (secondary N) is 1. The van der Waals surface area contributed by atoms with Crippen molar-refractivity contribution in [1.82, 2.24) is 9.55 Å². The summed E-state index contributed by atoms with van der Waals surface area (Å²) in [5.74, 6) is 0. The second-order valence-corrected chi connectivity index (χ2v) is 6.63. The van der Waals surface area contributed by atoms with Crippen molar-refractivity contribution in [2.45, 2.75) is 13.8 Å². The zero-order valence-corrected chi connectivity index (χ0v) is 14.6. The largest absolute Gasteiger partial charge is 0.331 e. The zero-order chi connectivity index (χ0) is 15.1. The molecule has 0 saturated carbocycles. The van der Waals surface area contributed by atoms with Gasteiger partial charge in [0.1, 0.15) is 0 Å². The number of para-hydroxylation sites is 1. The summed E-state index contributed by atoms with van der Waals surface area (Å²) in [5, 5.41) is 0.651. The molecule has 3 aromatic rings. The predicted molar refractivity (Wildman–Crippen MR) is 96.9 cm³/mol. The minimum absolute atomic E-state index is 0.0790. The van der Waals surface area contributed by atoms with Gasteiger partial charge < -0.3 is 4.98 Å². The van der Waals surface area contributed by atoms with Crippen molar-refractivity contribution in [2.75, 3.05) is 0 Å². The van der Waals surface area contributed by atoms with E-state index in [9.17, 15) is 4.79 Å². The van der Waals surface area contributed by atoms with Crippen molar-refractivity contribution in [3.8, 4) is 5.69 Å². The number of benzene rings is 2. The summed E-state index contributed by atoms with van der Waals surface area (Å²) in [6.45, 7) is 3.98. The Hall–Kier alpha value is -1.47. The number of fused-ring (bicyclic) bond motifs is 1. The Morgan fingerprint density at radius 1 is 1.14 bits per heavy atom. The van der Waals surface area contributed by atoms with Crippen molar-refractivity contribution in [3.63, 3.8) is 0 Å². The molecule has 2 aromatic carbocycles. The van der Waals surface area contributed by atoms with Gasteiger partial charge in [0.25, 0.3) is 5.56 Å². The van der Waals surface area contributed by atoms with Crippen LogP contribution in [-0.4, -0.2) is 9.55 Å². The fourth-order valence-electron chi connectivity index (χ4n) is 2.55. The van der Waals surface area contributed by atoms with Crippen LogP contribution in [0.4, 0.5) is 0 Å².